The van der Waals surface area contributed by atoms with E-state index in [2.05, 4.69) is 10.6 Å². The van der Waals surface area contributed by atoms with Gasteiger partial charge in [-0.05, 0) is 23.6 Å². The van der Waals surface area contributed by atoms with E-state index in [0.29, 0.717) is 16.8 Å². The number of carboxylic acids is 1. The van der Waals surface area contributed by atoms with Crippen molar-refractivity contribution in [3.05, 3.63) is 82.0 Å². The highest BCUT2D eigenvalue weighted by Gasteiger charge is 2.17. The van der Waals surface area contributed by atoms with Gasteiger partial charge in [-0.2, -0.15) is 0 Å². The lowest BCUT2D eigenvalue weighted by atomic mass is 10.0. The number of rotatable bonds is 5. The molecule has 0 aliphatic rings. The number of hydrogen-bond acceptors (Lipinski definition) is 4. The SMILES string of the molecule is O=C(Nc1ccccc1C(=O)c1ccccc1)Nc1ccsc1C(=O)O. The maximum atomic E-state index is 12.7. The number of hydrogen-bond donors (Lipinski definition) is 3. The molecule has 0 aliphatic carbocycles. The third kappa shape index (κ3) is 3.79. The van der Waals surface area contributed by atoms with Crippen LogP contribution >= 0.6 is 11.3 Å². The molecule has 0 bridgehead atoms. The van der Waals surface area contributed by atoms with Crippen molar-refractivity contribution in [1.82, 2.24) is 0 Å². The van der Waals surface area contributed by atoms with Gasteiger partial charge in [-0.1, -0.05) is 42.5 Å². The normalized spacial score (nSPS) is 10.2. The Kier molecular flexibility index (Phi) is 5.09. The van der Waals surface area contributed by atoms with Gasteiger partial charge in [0.15, 0.2) is 5.78 Å². The van der Waals surface area contributed by atoms with Crippen LogP contribution in [0.4, 0.5) is 16.2 Å². The first-order valence-electron chi connectivity index (χ1n) is 7.64. The van der Waals surface area contributed by atoms with Crippen molar-refractivity contribution >= 4 is 40.5 Å². The van der Waals surface area contributed by atoms with Gasteiger partial charge in [0.25, 0.3) is 0 Å². The first-order valence-corrected chi connectivity index (χ1v) is 8.52. The average Bonchev–Trinajstić information content (AvgIpc) is 3.10. The Balaban J connectivity index is 1.80. The molecule has 2 amide bonds. The Bertz CT molecular complexity index is 966. The molecule has 0 saturated heterocycles. The fourth-order valence-electron chi connectivity index (χ4n) is 2.38. The van der Waals surface area contributed by atoms with Crippen molar-refractivity contribution in [2.45, 2.75) is 0 Å². The molecule has 7 heteroatoms. The van der Waals surface area contributed by atoms with Crippen molar-refractivity contribution in [2.24, 2.45) is 0 Å². The van der Waals surface area contributed by atoms with E-state index in [4.69, 9.17) is 5.11 Å². The lowest BCUT2D eigenvalue weighted by Crippen LogP contribution is -2.21. The minimum atomic E-state index is -1.12. The number of carboxylic acid groups (broad SMARTS) is 1. The van der Waals surface area contributed by atoms with E-state index in [-0.39, 0.29) is 16.3 Å². The summed E-state index contributed by atoms with van der Waals surface area (Å²) in [6.07, 6.45) is 0. The van der Waals surface area contributed by atoms with Gasteiger partial charge in [0.2, 0.25) is 0 Å². The molecule has 0 spiro atoms. The number of amides is 2. The highest BCUT2D eigenvalue weighted by Crippen LogP contribution is 2.23. The zero-order chi connectivity index (χ0) is 18.5. The van der Waals surface area contributed by atoms with Gasteiger partial charge in [0, 0.05) is 11.1 Å². The Labute approximate surface area is 153 Å². The number of anilines is 2. The second kappa shape index (κ2) is 7.62. The quantitative estimate of drug-likeness (QED) is 0.586. The summed E-state index contributed by atoms with van der Waals surface area (Å²) in [5, 5.41) is 15.8. The smallest absolute Gasteiger partial charge is 0.348 e. The number of ketones is 1. The van der Waals surface area contributed by atoms with Gasteiger partial charge < -0.3 is 15.7 Å². The minimum absolute atomic E-state index is 0.0359. The molecule has 2 aromatic carbocycles. The van der Waals surface area contributed by atoms with E-state index < -0.39 is 12.0 Å². The van der Waals surface area contributed by atoms with E-state index >= 15 is 0 Å². The largest absolute Gasteiger partial charge is 0.477 e. The Morgan fingerprint density at radius 3 is 2.19 bits per heavy atom. The fourth-order valence-corrected chi connectivity index (χ4v) is 3.07. The van der Waals surface area contributed by atoms with Gasteiger partial charge in [-0.25, -0.2) is 9.59 Å². The highest BCUT2D eigenvalue weighted by atomic mass is 32.1. The number of carbonyl (C=O) groups is 3. The lowest BCUT2D eigenvalue weighted by Gasteiger charge is -2.11. The summed E-state index contributed by atoms with van der Waals surface area (Å²) in [6.45, 7) is 0. The number of thiophene rings is 1. The highest BCUT2D eigenvalue weighted by molar-refractivity contribution is 7.12. The summed E-state index contributed by atoms with van der Waals surface area (Å²) in [5.41, 5.74) is 1.39. The van der Waals surface area contributed by atoms with Crippen molar-refractivity contribution in [2.75, 3.05) is 10.6 Å². The van der Waals surface area contributed by atoms with Gasteiger partial charge in [0.1, 0.15) is 4.88 Å². The molecule has 0 atom stereocenters. The molecule has 0 unspecified atom stereocenters. The Morgan fingerprint density at radius 1 is 0.808 bits per heavy atom. The molecule has 1 aromatic heterocycles. The zero-order valence-corrected chi connectivity index (χ0v) is 14.2. The number of carbonyl (C=O) groups excluding carboxylic acids is 2. The van der Waals surface area contributed by atoms with E-state index in [1.54, 1.807) is 53.9 Å². The summed E-state index contributed by atoms with van der Waals surface area (Å²) in [5.74, 6) is -1.33. The van der Waals surface area contributed by atoms with Crippen LogP contribution in [0.25, 0.3) is 0 Å². The van der Waals surface area contributed by atoms with Crippen LogP contribution in [0.15, 0.2) is 66.0 Å². The zero-order valence-electron chi connectivity index (χ0n) is 13.4. The van der Waals surface area contributed by atoms with Crippen molar-refractivity contribution in [1.29, 1.82) is 0 Å². The summed E-state index contributed by atoms with van der Waals surface area (Å²) >= 11 is 1.02. The third-order valence-corrected chi connectivity index (χ3v) is 4.47. The molecule has 130 valence electrons. The molecule has 1 heterocycles. The number of benzene rings is 2. The number of aromatic carboxylic acids is 1. The molecule has 0 aliphatic heterocycles. The maximum absolute atomic E-state index is 12.7. The Hall–Kier alpha value is -3.45. The molecule has 3 rings (SSSR count). The van der Waals surface area contributed by atoms with Gasteiger partial charge in [-0.15, -0.1) is 11.3 Å². The number of nitrogens with one attached hydrogen (secondary N) is 2. The summed E-state index contributed by atoms with van der Waals surface area (Å²) < 4.78 is 0. The molecule has 3 N–H and O–H groups in total. The van der Waals surface area contributed by atoms with Gasteiger partial charge >= 0.3 is 12.0 Å². The topological polar surface area (TPSA) is 95.5 Å². The van der Waals surface area contributed by atoms with Crippen LogP contribution < -0.4 is 10.6 Å². The molecular formula is C19H14N2O4S. The molecule has 26 heavy (non-hydrogen) atoms. The lowest BCUT2D eigenvalue weighted by molar-refractivity contribution is 0.0703. The minimum Gasteiger partial charge on any atom is -0.477 e. The monoisotopic (exact) mass is 366 g/mol. The number of para-hydroxylation sites is 1. The first-order chi connectivity index (χ1) is 12.6. The number of urea groups is 1. The van der Waals surface area contributed by atoms with Gasteiger partial charge in [-0.3, -0.25) is 4.79 Å². The standard InChI is InChI=1S/C19H14N2O4S/c22-16(12-6-2-1-3-7-12)13-8-4-5-9-14(13)20-19(25)21-15-10-11-26-17(15)18(23)24/h1-11H,(H,23,24)(H2,20,21,25). The maximum Gasteiger partial charge on any atom is 0.348 e. The van der Waals surface area contributed by atoms with Gasteiger partial charge in [0.05, 0.1) is 11.4 Å². The second-order valence-electron chi connectivity index (χ2n) is 5.29. The van der Waals surface area contributed by atoms with Crippen LogP contribution in [0.3, 0.4) is 0 Å². The third-order valence-electron chi connectivity index (χ3n) is 3.56. The average molecular weight is 366 g/mol. The van der Waals surface area contributed by atoms with Crippen LogP contribution in [0.5, 0.6) is 0 Å². The summed E-state index contributed by atoms with van der Waals surface area (Å²) in [4.78, 5) is 36.1. The molecule has 0 fully saturated rings. The van der Waals surface area contributed by atoms with E-state index in [9.17, 15) is 14.4 Å². The van der Waals surface area contributed by atoms with E-state index in [1.165, 1.54) is 6.07 Å². The van der Waals surface area contributed by atoms with Crippen LogP contribution in [0.2, 0.25) is 0 Å². The second-order valence-corrected chi connectivity index (χ2v) is 6.20. The van der Waals surface area contributed by atoms with E-state index in [1.807, 2.05) is 6.07 Å². The predicted molar refractivity (Wildman–Crippen MR) is 100 cm³/mol. The predicted octanol–water partition coefficient (Wildman–Crippen LogP) is 4.32. The molecule has 0 radical (unpaired) electrons. The summed E-state index contributed by atoms with van der Waals surface area (Å²) in [7, 11) is 0. The van der Waals surface area contributed by atoms with E-state index in [0.717, 1.165) is 11.3 Å². The molecular weight excluding hydrogens is 352 g/mol. The van der Waals surface area contributed by atoms with Crippen molar-refractivity contribution in [3.63, 3.8) is 0 Å². The molecule has 0 saturated carbocycles. The Morgan fingerprint density at radius 2 is 1.46 bits per heavy atom. The fraction of sp³-hybridized carbons (Fsp3) is 0. The molecule has 3 aromatic rings. The molecule has 6 nitrogen and oxygen atoms in total. The summed E-state index contributed by atoms with van der Waals surface area (Å²) in [6, 6.07) is 16.3. The first kappa shape index (κ1) is 17.4. The van der Waals surface area contributed by atoms with Crippen molar-refractivity contribution in [3.8, 4) is 0 Å². The van der Waals surface area contributed by atoms with Crippen LogP contribution in [0, 0.1) is 0 Å². The van der Waals surface area contributed by atoms with Crippen molar-refractivity contribution < 1.29 is 19.5 Å². The van der Waals surface area contributed by atoms with Crippen LogP contribution in [0.1, 0.15) is 25.6 Å². The van der Waals surface area contributed by atoms with Crippen LogP contribution in [-0.2, 0) is 0 Å². The van der Waals surface area contributed by atoms with Crippen LogP contribution in [-0.4, -0.2) is 22.9 Å².